The van der Waals surface area contributed by atoms with Gasteiger partial charge in [0, 0.05) is 26.2 Å². The molecule has 1 N–H and O–H groups in total. The van der Waals surface area contributed by atoms with Gasteiger partial charge in [-0.05, 0) is 51.3 Å². The molecule has 0 bridgehead atoms. The van der Waals surface area contributed by atoms with Gasteiger partial charge in [0.1, 0.15) is 5.54 Å². The zero-order chi connectivity index (χ0) is 21.5. The van der Waals surface area contributed by atoms with Crippen molar-refractivity contribution in [2.75, 3.05) is 32.7 Å². The van der Waals surface area contributed by atoms with Gasteiger partial charge in [-0.25, -0.2) is 13.2 Å². The number of carbonyl (C=O) groups excluding carboxylic acids is 2. The van der Waals surface area contributed by atoms with Crippen LogP contribution in [0.4, 0.5) is 4.79 Å². The number of benzene rings is 1. The normalized spacial score (nSPS) is 25.3. The Labute approximate surface area is 178 Å². The number of sulfonamides is 1. The molecule has 0 unspecified atom stereocenters. The van der Waals surface area contributed by atoms with E-state index in [2.05, 4.69) is 17.1 Å². The van der Waals surface area contributed by atoms with Crippen molar-refractivity contribution in [1.82, 2.24) is 19.4 Å². The molecule has 3 heterocycles. The third kappa shape index (κ3) is 3.63. The lowest BCUT2D eigenvalue weighted by molar-refractivity contribution is -0.134. The van der Waals surface area contributed by atoms with Gasteiger partial charge < -0.3 is 10.2 Å². The van der Waals surface area contributed by atoms with Crippen LogP contribution in [0.25, 0.3) is 0 Å². The number of nitrogens with zero attached hydrogens (tertiary/aromatic N) is 3. The summed E-state index contributed by atoms with van der Waals surface area (Å²) >= 11 is 0. The van der Waals surface area contributed by atoms with Crippen molar-refractivity contribution in [3.63, 3.8) is 0 Å². The summed E-state index contributed by atoms with van der Waals surface area (Å²) in [5.74, 6) is -0.191. The van der Waals surface area contributed by atoms with Gasteiger partial charge in [-0.3, -0.25) is 9.69 Å². The van der Waals surface area contributed by atoms with Gasteiger partial charge >= 0.3 is 6.03 Å². The summed E-state index contributed by atoms with van der Waals surface area (Å²) in [5, 5.41) is 2.94. The monoisotopic (exact) mass is 434 g/mol. The molecular formula is C21H30N4O4S. The highest BCUT2D eigenvalue weighted by Crippen LogP contribution is 2.33. The molecule has 1 aromatic carbocycles. The maximum atomic E-state index is 13.3. The van der Waals surface area contributed by atoms with E-state index in [1.54, 1.807) is 24.3 Å². The zero-order valence-electron chi connectivity index (χ0n) is 17.6. The Morgan fingerprint density at radius 1 is 1.10 bits per heavy atom. The predicted molar refractivity (Wildman–Crippen MR) is 112 cm³/mol. The van der Waals surface area contributed by atoms with Gasteiger partial charge in [-0.2, -0.15) is 4.31 Å². The Bertz CT molecular complexity index is 923. The number of aryl methyl sites for hydroxylation is 1. The number of piperidine rings is 1. The van der Waals surface area contributed by atoms with Crippen LogP contribution in [0, 0.1) is 6.92 Å². The number of urea groups is 1. The number of rotatable bonds is 5. The first-order valence-electron chi connectivity index (χ1n) is 10.7. The van der Waals surface area contributed by atoms with E-state index in [9.17, 15) is 18.0 Å². The molecule has 9 heteroatoms. The molecule has 0 saturated carbocycles. The van der Waals surface area contributed by atoms with Crippen LogP contribution in [0.2, 0.25) is 0 Å². The van der Waals surface area contributed by atoms with Crippen LogP contribution < -0.4 is 5.32 Å². The van der Waals surface area contributed by atoms with Crippen molar-refractivity contribution in [2.24, 2.45) is 0 Å². The number of nitrogens with one attached hydrogen (secondary N) is 1. The van der Waals surface area contributed by atoms with Crippen LogP contribution >= 0.6 is 0 Å². The molecule has 8 nitrogen and oxygen atoms in total. The molecule has 3 fully saturated rings. The number of hydrogen-bond donors (Lipinski definition) is 1. The molecule has 4 rings (SSSR count). The van der Waals surface area contributed by atoms with E-state index < -0.39 is 21.6 Å². The fourth-order valence-corrected chi connectivity index (χ4v) is 6.28. The SMILES string of the molecule is CCCN1CCC2(CC1)NC(=O)N([C@H]1CCN(S(=O)(=O)c3ccc(C)cc3)C1)C2=O. The van der Waals surface area contributed by atoms with Gasteiger partial charge in [-0.1, -0.05) is 24.6 Å². The average molecular weight is 435 g/mol. The van der Waals surface area contributed by atoms with E-state index >= 15 is 0 Å². The van der Waals surface area contributed by atoms with Crippen molar-refractivity contribution >= 4 is 22.0 Å². The highest BCUT2D eigenvalue weighted by molar-refractivity contribution is 7.89. The Balaban J connectivity index is 1.46. The fourth-order valence-electron chi connectivity index (χ4n) is 4.79. The molecule has 3 amide bonds. The van der Waals surface area contributed by atoms with E-state index in [1.165, 1.54) is 9.21 Å². The molecule has 1 aromatic rings. The number of amides is 3. The number of carbonyl (C=O) groups is 2. The van der Waals surface area contributed by atoms with Crippen LogP contribution in [0.1, 0.15) is 38.2 Å². The van der Waals surface area contributed by atoms with Crippen molar-refractivity contribution in [3.8, 4) is 0 Å². The molecule has 0 radical (unpaired) electrons. The summed E-state index contributed by atoms with van der Waals surface area (Å²) in [6.45, 7) is 7.05. The summed E-state index contributed by atoms with van der Waals surface area (Å²) in [4.78, 5) is 29.8. The quantitative estimate of drug-likeness (QED) is 0.711. The van der Waals surface area contributed by atoms with Crippen LogP contribution in [-0.4, -0.2) is 78.8 Å². The third-order valence-corrected chi connectivity index (χ3v) is 8.47. The molecule has 1 spiro atoms. The van der Waals surface area contributed by atoms with Crippen LogP contribution in [0.3, 0.4) is 0 Å². The zero-order valence-corrected chi connectivity index (χ0v) is 18.5. The lowest BCUT2D eigenvalue weighted by atomic mass is 9.87. The first kappa shape index (κ1) is 21.3. The molecule has 3 aliphatic heterocycles. The van der Waals surface area contributed by atoms with Crippen LogP contribution in [-0.2, 0) is 14.8 Å². The van der Waals surface area contributed by atoms with E-state index in [1.807, 2.05) is 6.92 Å². The number of imide groups is 1. The summed E-state index contributed by atoms with van der Waals surface area (Å²) in [6.07, 6.45) is 2.73. The number of likely N-dealkylation sites (tertiary alicyclic amines) is 1. The topological polar surface area (TPSA) is 90.0 Å². The molecule has 1 atom stereocenters. The Kier molecular flexibility index (Phi) is 5.63. The van der Waals surface area contributed by atoms with E-state index in [-0.39, 0.29) is 23.4 Å². The highest BCUT2D eigenvalue weighted by atomic mass is 32.2. The van der Waals surface area contributed by atoms with Crippen molar-refractivity contribution in [3.05, 3.63) is 29.8 Å². The summed E-state index contributed by atoms with van der Waals surface area (Å²) in [5.41, 5.74) is 0.160. The van der Waals surface area contributed by atoms with Gasteiger partial charge in [0.15, 0.2) is 0 Å². The van der Waals surface area contributed by atoms with Crippen molar-refractivity contribution in [2.45, 2.75) is 56.0 Å². The number of hydrogen-bond acceptors (Lipinski definition) is 5. The van der Waals surface area contributed by atoms with Crippen LogP contribution in [0.5, 0.6) is 0 Å². The van der Waals surface area contributed by atoms with Crippen molar-refractivity contribution in [1.29, 1.82) is 0 Å². The standard InChI is InChI=1S/C21H30N4O4S/c1-3-11-23-13-9-21(10-14-23)19(26)25(20(27)22-21)17-8-12-24(15-17)30(28,29)18-6-4-16(2)5-7-18/h4-7,17H,3,8-15H2,1-2H3,(H,22,27)/t17-/m0/s1. The molecular weight excluding hydrogens is 404 g/mol. The molecule has 0 aromatic heterocycles. The lowest BCUT2D eigenvalue weighted by Crippen LogP contribution is -2.55. The van der Waals surface area contributed by atoms with Gasteiger partial charge in [-0.15, -0.1) is 0 Å². The Morgan fingerprint density at radius 3 is 2.40 bits per heavy atom. The molecule has 3 aliphatic rings. The van der Waals surface area contributed by atoms with E-state index in [0.717, 1.165) is 31.6 Å². The van der Waals surface area contributed by atoms with Gasteiger partial charge in [0.2, 0.25) is 10.0 Å². The predicted octanol–water partition coefficient (Wildman–Crippen LogP) is 1.55. The summed E-state index contributed by atoms with van der Waals surface area (Å²) in [7, 11) is -3.64. The largest absolute Gasteiger partial charge is 0.325 e. The summed E-state index contributed by atoms with van der Waals surface area (Å²) < 4.78 is 27.3. The minimum absolute atomic E-state index is 0.146. The minimum atomic E-state index is -3.64. The van der Waals surface area contributed by atoms with Crippen molar-refractivity contribution < 1.29 is 18.0 Å². The second-order valence-electron chi connectivity index (χ2n) is 8.65. The minimum Gasteiger partial charge on any atom is -0.323 e. The lowest BCUT2D eigenvalue weighted by Gasteiger charge is -2.37. The molecule has 164 valence electrons. The highest BCUT2D eigenvalue weighted by Gasteiger charge is 2.55. The maximum Gasteiger partial charge on any atom is 0.325 e. The molecule has 3 saturated heterocycles. The van der Waals surface area contributed by atoms with Gasteiger partial charge in [0.05, 0.1) is 10.9 Å². The fraction of sp³-hybridized carbons (Fsp3) is 0.619. The first-order valence-corrected chi connectivity index (χ1v) is 12.2. The second-order valence-corrected chi connectivity index (χ2v) is 10.6. The molecule has 30 heavy (non-hydrogen) atoms. The Hall–Kier alpha value is -1.97. The van der Waals surface area contributed by atoms with E-state index in [4.69, 9.17) is 0 Å². The molecule has 0 aliphatic carbocycles. The smallest absolute Gasteiger partial charge is 0.323 e. The third-order valence-electron chi connectivity index (χ3n) is 6.59. The van der Waals surface area contributed by atoms with E-state index in [0.29, 0.717) is 25.8 Å². The Morgan fingerprint density at radius 2 is 1.77 bits per heavy atom. The van der Waals surface area contributed by atoms with Crippen LogP contribution in [0.15, 0.2) is 29.2 Å². The maximum absolute atomic E-state index is 13.3. The second kappa shape index (κ2) is 7.94. The average Bonchev–Trinajstić information content (AvgIpc) is 3.28. The first-order chi connectivity index (χ1) is 14.3. The van der Waals surface area contributed by atoms with Gasteiger partial charge in [0.25, 0.3) is 5.91 Å². The summed E-state index contributed by atoms with van der Waals surface area (Å²) in [6, 6.07) is 5.93.